The molecule has 0 bridgehead atoms. The van der Waals surface area contributed by atoms with Gasteiger partial charge in [0.05, 0.1) is 17.7 Å². The van der Waals surface area contributed by atoms with Crippen LogP contribution in [0.5, 0.6) is 5.75 Å². The minimum absolute atomic E-state index is 0.194. The number of benzene rings is 1. The lowest BCUT2D eigenvalue weighted by Crippen LogP contribution is -2.17. The molecule has 0 radical (unpaired) electrons. The zero-order valence-electron chi connectivity index (χ0n) is 9.29. The summed E-state index contributed by atoms with van der Waals surface area (Å²) < 4.78 is 10.8. The molecule has 1 aromatic carbocycles. The predicted octanol–water partition coefficient (Wildman–Crippen LogP) is 2.13. The topological polar surface area (TPSA) is 52.6 Å². The largest absolute Gasteiger partial charge is 0.492 e. The molecule has 0 aromatic heterocycles. The fourth-order valence-electron chi connectivity index (χ4n) is 1.71. The zero-order chi connectivity index (χ0) is 12.4. The van der Waals surface area contributed by atoms with Crippen LogP contribution in [0.3, 0.4) is 0 Å². The summed E-state index contributed by atoms with van der Waals surface area (Å²) in [4.78, 5) is 23.1. The number of ketones is 1. The molecule has 0 aliphatic carbocycles. The molecule has 0 N–H and O–H groups in total. The lowest BCUT2D eigenvalue weighted by molar-refractivity contribution is -0.137. The average Bonchev–Trinajstić information content (AvgIpc) is 2.77. The van der Waals surface area contributed by atoms with Crippen LogP contribution in [0.4, 0.5) is 0 Å². The Morgan fingerprint density at radius 1 is 1.47 bits per heavy atom. The van der Waals surface area contributed by atoms with Crippen LogP contribution in [0, 0.1) is 0 Å². The summed E-state index contributed by atoms with van der Waals surface area (Å²) in [6.45, 7) is 2.46. The van der Waals surface area contributed by atoms with Gasteiger partial charge < -0.3 is 9.47 Å². The second-order valence-electron chi connectivity index (χ2n) is 3.59. The number of carbonyl (C=O) groups excluding carboxylic acids is 2. The van der Waals surface area contributed by atoms with E-state index in [0.717, 1.165) is 17.7 Å². The van der Waals surface area contributed by atoms with E-state index in [2.05, 4.69) is 20.7 Å². The van der Waals surface area contributed by atoms with E-state index in [1.807, 2.05) is 0 Å². The Hall–Kier alpha value is -1.36. The molecule has 1 aliphatic rings. The van der Waals surface area contributed by atoms with Crippen molar-refractivity contribution in [3.05, 3.63) is 27.7 Å². The molecule has 0 saturated carbocycles. The van der Waals surface area contributed by atoms with Crippen LogP contribution in [-0.2, 0) is 16.0 Å². The monoisotopic (exact) mass is 298 g/mol. The Labute approximate surface area is 107 Å². The third kappa shape index (κ3) is 2.34. The minimum atomic E-state index is -0.821. The summed E-state index contributed by atoms with van der Waals surface area (Å²) in [7, 11) is 0. The first-order valence-electron chi connectivity index (χ1n) is 5.30. The standard InChI is InChI=1S/C12H11BrO4/c1-2-16-12(15)10(14)8-5-7-3-4-17-11(7)9(13)6-8/h5-6H,2-4H2,1H3. The van der Waals surface area contributed by atoms with E-state index in [9.17, 15) is 9.59 Å². The van der Waals surface area contributed by atoms with Crippen molar-refractivity contribution in [1.82, 2.24) is 0 Å². The second kappa shape index (κ2) is 4.87. The number of carbonyl (C=O) groups is 2. The maximum absolute atomic E-state index is 11.8. The molecule has 0 spiro atoms. The molecule has 17 heavy (non-hydrogen) atoms. The zero-order valence-corrected chi connectivity index (χ0v) is 10.9. The van der Waals surface area contributed by atoms with Gasteiger partial charge in [0.1, 0.15) is 5.75 Å². The van der Waals surface area contributed by atoms with Crippen molar-refractivity contribution in [1.29, 1.82) is 0 Å². The van der Waals surface area contributed by atoms with E-state index >= 15 is 0 Å². The molecule has 0 saturated heterocycles. The number of esters is 1. The van der Waals surface area contributed by atoms with E-state index in [0.29, 0.717) is 16.6 Å². The molecule has 0 amide bonds. The number of fused-ring (bicyclic) bond motifs is 1. The van der Waals surface area contributed by atoms with Gasteiger partial charge in [-0.3, -0.25) is 4.79 Å². The normalized spacial score (nSPS) is 12.8. The molecular formula is C12H11BrO4. The van der Waals surface area contributed by atoms with Gasteiger partial charge in [0, 0.05) is 12.0 Å². The van der Waals surface area contributed by atoms with Crippen molar-refractivity contribution in [3.8, 4) is 5.75 Å². The second-order valence-corrected chi connectivity index (χ2v) is 4.45. The van der Waals surface area contributed by atoms with Crippen LogP contribution in [0.2, 0.25) is 0 Å². The van der Waals surface area contributed by atoms with Crippen LogP contribution in [0.15, 0.2) is 16.6 Å². The highest BCUT2D eigenvalue weighted by Gasteiger charge is 2.23. The smallest absolute Gasteiger partial charge is 0.379 e. The predicted molar refractivity (Wildman–Crippen MR) is 64.3 cm³/mol. The van der Waals surface area contributed by atoms with Gasteiger partial charge in [0.2, 0.25) is 0 Å². The molecule has 0 unspecified atom stereocenters. The lowest BCUT2D eigenvalue weighted by Gasteiger charge is -2.05. The Kier molecular flexibility index (Phi) is 3.47. The quantitative estimate of drug-likeness (QED) is 0.487. The number of rotatable bonds is 3. The van der Waals surface area contributed by atoms with E-state index in [4.69, 9.17) is 4.74 Å². The number of ether oxygens (including phenoxy) is 2. The third-order valence-electron chi connectivity index (χ3n) is 2.46. The SMILES string of the molecule is CCOC(=O)C(=O)c1cc(Br)c2c(c1)CCO2. The highest BCUT2D eigenvalue weighted by molar-refractivity contribution is 9.10. The molecule has 1 aromatic rings. The number of hydrogen-bond donors (Lipinski definition) is 0. The fourth-order valence-corrected chi connectivity index (χ4v) is 2.32. The minimum Gasteiger partial charge on any atom is -0.492 e. The summed E-state index contributed by atoms with van der Waals surface area (Å²) in [5.74, 6) is -0.689. The summed E-state index contributed by atoms with van der Waals surface area (Å²) in [5.41, 5.74) is 1.27. The molecule has 0 fully saturated rings. The van der Waals surface area contributed by atoms with Gasteiger partial charge in [0.15, 0.2) is 0 Å². The molecule has 4 nitrogen and oxygen atoms in total. The Bertz CT molecular complexity index is 482. The molecule has 2 rings (SSSR count). The summed E-state index contributed by atoms with van der Waals surface area (Å²) in [5, 5.41) is 0. The maximum atomic E-state index is 11.8. The van der Waals surface area contributed by atoms with E-state index in [1.54, 1.807) is 19.1 Å². The lowest BCUT2D eigenvalue weighted by atomic mass is 10.1. The first kappa shape index (κ1) is 12.1. The first-order chi connectivity index (χ1) is 8.13. The Morgan fingerprint density at radius 3 is 2.94 bits per heavy atom. The summed E-state index contributed by atoms with van der Waals surface area (Å²) in [6, 6.07) is 3.27. The van der Waals surface area contributed by atoms with Gasteiger partial charge in [-0.1, -0.05) is 0 Å². The Morgan fingerprint density at radius 2 is 2.24 bits per heavy atom. The molecular weight excluding hydrogens is 288 g/mol. The fraction of sp³-hybridized carbons (Fsp3) is 0.333. The molecule has 1 heterocycles. The Balaban J connectivity index is 2.31. The molecule has 0 atom stereocenters. The highest BCUT2D eigenvalue weighted by Crippen LogP contribution is 2.34. The number of halogens is 1. The summed E-state index contributed by atoms with van der Waals surface area (Å²) >= 11 is 3.33. The van der Waals surface area contributed by atoms with Crippen LogP contribution < -0.4 is 4.74 Å². The molecule has 90 valence electrons. The number of hydrogen-bond acceptors (Lipinski definition) is 4. The van der Waals surface area contributed by atoms with Crippen molar-refractivity contribution in [2.24, 2.45) is 0 Å². The van der Waals surface area contributed by atoms with Gasteiger partial charge in [-0.05, 0) is 40.5 Å². The van der Waals surface area contributed by atoms with Crippen molar-refractivity contribution in [2.75, 3.05) is 13.2 Å². The average molecular weight is 299 g/mol. The van der Waals surface area contributed by atoms with Crippen LogP contribution in [-0.4, -0.2) is 25.0 Å². The van der Waals surface area contributed by atoms with Crippen LogP contribution in [0.1, 0.15) is 22.8 Å². The van der Waals surface area contributed by atoms with Crippen molar-refractivity contribution in [3.63, 3.8) is 0 Å². The number of Topliss-reactive ketones (excluding diaryl/α,β-unsaturated/α-hetero) is 1. The maximum Gasteiger partial charge on any atom is 0.379 e. The van der Waals surface area contributed by atoms with Crippen LogP contribution in [0.25, 0.3) is 0 Å². The molecule has 5 heteroatoms. The van der Waals surface area contributed by atoms with Gasteiger partial charge >= 0.3 is 5.97 Å². The highest BCUT2D eigenvalue weighted by atomic mass is 79.9. The van der Waals surface area contributed by atoms with Crippen LogP contribution >= 0.6 is 15.9 Å². The van der Waals surface area contributed by atoms with Gasteiger partial charge in [-0.25, -0.2) is 4.79 Å². The van der Waals surface area contributed by atoms with E-state index in [1.165, 1.54) is 0 Å². The summed E-state index contributed by atoms with van der Waals surface area (Å²) in [6.07, 6.45) is 0.748. The van der Waals surface area contributed by atoms with E-state index in [-0.39, 0.29) is 6.61 Å². The molecule has 1 aliphatic heterocycles. The van der Waals surface area contributed by atoms with Gasteiger partial charge in [-0.15, -0.1) is 0 Å². The van der Waals surface area contributed by atoms with Gasteiger partial charge in [0.25, 0.3) is 5.78 Å². The van der Waals surface area contributed by atoms with Crippen molar-refractivity contribution < 1.29 is 19.1 Å². The third-order valence-corrected chi connectivity index (χ3v) is 3.05. The van der Waals surface area contributed by atoms with E-state index < -0.39 is 11.8 Å². The van der Waals surface area contributed by atoms with Crippen molar-refractivity contribution in [2.45, 2.75) is 13.3 Å². The van der Waals surface area contributed by atoms with Gasteiger partial charge in [-0.2, -0.15) is 0 Å². The first-order valence-corrected chi connectivity index (χ1v) is 6.09. The van der Waals surface area contributed by atoms with Crippen molar-refractivity contribution >= 4 is 27.7 Å².